The molecule has 0 spiro atoms. The predicted molar refractivity (Wildman–Crippen MR) is 120 cm³/mol. The number of hydrogen-bond acceptors (Lipinski definition) is 5. The van der Waals surface area contributed by atoms with Gasteiger partial charge in [-0.3, -0.25) is 4.79 Å². The van der Waals surface area contributed by atoms with Gasteiger partial charge >= 0.3 is 0 Å². The van der Waals surface area contributed by atoms with Gasteiger partial charge in [-0.05, 0) is 63.1 Å². The van der Waals surface area contributed by atoms with Gasteiger partial charge < -0.3 is 14.5 Å². The maximum Gasteiger partial charge on any atom is 0.271 e. The number of benzene rings is 2. The van der Waals surface area contributed by atoms with Crippen LogP contribution in [0.1, 0.15) is 42.6 Å². The van der Waals surface area contributed by atoms with E-state index in [-0.39, 0.29) is 5.91 Å². The first-order valence-electron chi connectivity index (χ1n) is 10.3. The van der Waals surface area contributed by atoms with Crippen molar-refractivity contribution in [3.63, 3.8) is 0 Å². The molecule has 0 atom stereocenters. The highest BCUT2D eigenvalue weighted by Gasteiger charge is 2.13. The fourth-order valence-corrected chi connectivity index (χ4v) is 3.62. The fourth-order valence-electron chi connectivity index (χ4n) is 3.62. The number of methoxy groups -OCH3 is 1. The van der Waals surface area contributed by atoms with Crippen molar-refractivity contribution < 1.29 is 9.53 Å². The lowest BCUT2D eigenvalue weighted by atomic mass is 10.2. The fraction of sp³-hybridized carbons (Fsp3) is 0.391. The lowest BCUT2D eigenvalue weighted by Gasteiger charge is -2.21. The summed E-state index contributed by atoms with van der Waals surface area (Å²) in [5.41, 5.74) is 6.27. The van der Waals surface area contributed by atoms with Crippen molar-refractivity contribution in [3.05, 3.63) is 53.6 Å². The number of carbonyl (C=O) groups is 1. The van der Waals surface area contributed by atoms with Crippen LogP contribution in [0, 0.1) is 0 Å². The Kier molecular flexibility index (Phi) is 7.11. The second-order valence-electron chi connectivity index (χ2n) is 7.04. The Hall–Kier alpha value is -3.02. The minimum atomic E-state index is -0.229. The SMILES string of the molecule is CCN(CC)c1ccc(/C=N\NC(=O)c2ccc(N3CCCC3)cc2)c(OC)c1. The van der Waals surface area contributed by atoms with Gasteiger partial charge in [0.25, 0.3) is 5.91 Å². The number of amides is 1. The van der Waals surface area contributed by atoms with Crippen molar-refractivity contribution in [3.8, 4) is 5.75 Å². The van der Waals surface area contributed by atoms with Crippen LogP contribution in [0.2, 0.25) is 0 Å². The summed E-state index contributed by atoms with van der Waals surface area (Å²) in [5.74, 6) is 0.496. The Morgan fingerprint density at radius 3 is 2.45 bits per heavy atom. The van der Waals surface area contributed by atoms with Gasteiger partial charge in [0.05, 0.1) is 13.3 Å². The molecule has 6 heteroatoms. The maximum absolute atomic E-state index is 12.4. The molecule has 1 N–H and O–H groups in total. The smallest absolute Gasteiger partial charge is 0.271 e. The van der Waals surface area contributed by atoms with Crippen molar-refractivity contribution in [1.82, 2.24) is 5.43 Å². The van der Waals surface area contributed by atoms with E-state index in [9.17, 15) is 4.79 Å². The van der Waals surface area contributed by atoms with Gasteiger partial charge in [0, 0.05) is 54.7 Å². The van der Waals surface area contributed by atoms with E-state index in [4.69, 9.17) is 4.74 Å². The molecular weight excluding hydrogens is 364 g/mol. The third-order valence-electron chi connectivity index (χ3n) is 5.32. The summed E-state index contributed by atoms with van der Waals surface area (Å²) in [6.07, 6.45) is 4.08. The topological polar surface area (TPSA) is 57.2 Å². The average Bonchev–Trinajstić information content (AvgIpc) is 3.30. The molecule has 29 heavy (non-hydrogen) atoms. The van der Waals surface area contributed by atoms with Crippen LogP contribution in [0.4, 0.5) is 11.4 Å². The molecule has 2 aromatic carbocycles. The second kappa shape index (κ2) is 9.96. The van der Waals surface area contributed by atoms with Gasteiger partial charge in [0.2, 0.25) is 0 Å². The highest BCUT2D eigenvalue weighted by molar-refractivity contribution is 5.95. The van der Waals surface area contributed by atoms with Crippen LogP contribution in [0.15, 0.2) is 47.6 Å². The summed E-state index contributed by atoms with van der Waals surface area (Å²) >= 11 is 0. The third kappa shape index (κ3) is 5.08. The van der Waals surface area contributed by atoms with Crippen molar-refractivity contribution >= 4 is 23.5 Å². The largest absolute Gasteiger partial charge is 0.496 e. The average molecular weight is 395 g/mol. The first kappa shape index (κ1) is 20.7. The van der Waals surface area contributed by atoms with Crippen molar-refractivity contribution in [2.45, 2.75) is 26.7 Å². The zero-order valence-electron chi connectivity index (χ0n) is 17.5. The van der Waals surface area contributed by atoms with Gasteiger partial charge in [-0.1, -0.05) is 0 Å². The Labute approximate surface area is 173 Å². The maximum atomic E-state index is 12.4. The van der Waals surface area contributed by atoms with E-state index in [2.05, 4.69) is 34.2 Å². The van der Waals surface area contributed by atoms with Crippen LogP contribution in [0.25, 0.3) is 0 Å². The van der Waals surface area contributed by atoms with E-state index in [0.29, 0.717) is 5.56 Å². The third-order valence-corrected chi connectivity index (χ3v) is 5.32. The molecule has 0 radical (unpaired) electrons. The molecule has 1 aliphatic rings. The molecule has 0 aromatic heterocycles. The van der Waals surface area contributed by atoms with Crippen molar-refractivity contribution in [1.29, 1.82) is 0 Å². The van der Waals surface area contributed by atoms with Crippen LogP contribution in [0.5, 0.6) is 5.75 Å². The Morgan fingerprint density at radius 2 is 1.83 bits per heavy atom. The molecule has 1 fully saturated rings. The molecule has 0 unspecified atom stereocenters. The number of hydrogen-bond donors (Lipinski definition) is 1. The molecule has 0 bridgehead atoms. The first-order chi connectivity index (χ1) is 14.2. The molecule has 1 amide bonds. The van der Waals surface area contributed by atoms with E-state index in [1.165, 1.54) is 18.5 Å². The van der Waals surface area contributed by atoms with Gasteiger partial charge in [0.1, 0.15) is 5.75 Å². The summed E-state index contributed by atoms with van der Waals surface area (Å²) in [7, 11) is 1.64. The van der Waals surface area contributed by atoms with Crippen molar-refractivity contribution in [2.75, 3.05) is 43.1 Å². The molecule has 2 aromatic rings. The summed E-state index contributed by atoms with van der Waals surface area (Å²) in [4.78, 5) is 17.0. The van der Waals surface area contributed by atoms with Gasteiger partial charge in [-0.15, -0.1) is 0 Å². The summed E-state index contributed by atoms with van der Waals surface area (Å²) in [6.45, 7) is 8.28. The lowest BCUT2D eigenvalue weighted by Crippen LogP contribution is -2.21. The first-order valence-corrected chi connectivity index (χ1v) is 10.3. The highest BCUT2D eigenvalue weighted by atomic mass is 16.5. The molecule has 0 saturated carbocycles. The molecular formula is C23H30N4O2. The standard InChI is InChI=1S/C23H30N4O2/c1-4-26(5-2)21-13-10-19(22(16-21)29-3)17-24-25-23(28)18-8-11-20(12-9-18)27-14-6-7-15-27/h8-13,16-17H,4-7,14-15H2,1-3H3,(H,25,28)/b24-17-. The zero-order chi connectivity index (χ0) is 20.6. The van der Waals surface area contributed by atoms with E-state index in [0.717, 1.165) is 43.2 Å². The monoisotopic (exact) mass is 394 g/mol. The van der Waals surface area contributed by atoms with Gasteiger partial charge in [0.15, 0.2) is 0 Å². The number of ether oxygens (including phenoxy) is 1. The Morgan fingerprint density at radius 1 is 1.14 bits per heavy atom. The van der Waals surface area contributed by atoms with Crippen LogP contribution in [0.3, 0.4) is 0 Å². The Bertz CT molecular complexity index is 838. The molecule has 1 heterocycles. The number of hydrazone groups is 1. The molecule has 1 aliphatic heterocycles. The highest BCUT2D eigenvalue weighted by Crippen LogP contribution is 2.24. The zero-order valence-corrected chi connectivity index (χ0v) is 17.5. The van der Waals surface area contributed by atoms with Crippen LogP contribution in [-0.4, -0.2) is 45.4 Å². The van der Waals surface area contributed by atoms with Gasteiger partial charge in [-0.2, -0.15) is 5.10 Å². The molecule has 6 nitrogen and oxygen atoms in total. The van der Waals surface area contributed by atoms with Crippen LogP contribution >= 0.6 is 0 Å². The quantitative estimate of drug-likeness (QED) is 0.545. The van der Waals surface area contributed by atoms with E-state index in [1.807, 2.05) is 42.5 Å². The summed E-state index contributed by atoms with van der Waals surface area (Å²) in [6, 6.07) is 13.7. The lowest BCUT2D eigenvalue weighted by molar-refractivity contribution is 0.0955. The molecule has 1 saturated heterocycles. The summed E-state index contributed by atoms with van der Waals surface area (Å²) in [5, 5.41) is 4.11. The van der Waals surface area contributed by atoms with E-state index in [1.54, 1.807) is 13.3 Å². The van der Waals surface area contributed by atoms with Crippen LogP contribution < -0.4 is 20.0 Å². The number of nitrogens with zero attached hydrogens (tertiary/aromatic N) is 3. The summed E-state index contributed by atoms with van der Waals surface area (Å²) < 4.78 is 5.49. The van der Waals surface area contributed by atoms with Crippen molar-refractivity contribution in [2.24, 2.45) is 5.10 Å². The second-order valence-corrected chi connectivity index (χ2v) is 7.04. The number of rotatable bonds is 8. The molecule has 0 aliphatic carbocycles. The minimum Gasteiger partial charge on any atom is -0.496 e. The molecule has 154 valence electrons. The molecule has 3 rings (SSSR count). The number of anilines is 2. The number of carbonyl (C=O) groups excluding carboxylic acids is 1. The minimum absolute atomic E-state index is 0.229. The van der Waals surface area contributed by atoms with E-state index < -0.39 is 0 Å². The normalized spacial score (nSPS) is 13.7. The van der Waals surface area contributed by atoms with Gasteiger partial charge in [-0.25, -0.2) is 5.43 Å². The predicted octanol–water partition coefficient (Wildman–Crippen LogP) is 3.91. The van der Waals surface area contributed by atoms with E-state index >= 15 is 0 Å². The van der Waals surface area contributed by atoms with Crippen LogP contribution in [-0.2, 0) is 0 Å². The number of nitrogens with one attached hydrogen (secondary N) is 1. The Balaban J connectivity index is 1.63.